The number of halogens is 5. The number of H-pyrrole nitrogens is 1. The minimum absolute atomic E-state index is 0.0229. The predicted octanol–water partition coefficient (Wildman–Crippen LogP) is 6.41. The van der Waals surface area contributed by atoms with Gasteiger partial charge in [-0.25, -0.2) is 19.3 Å². The maximum absolute atomic E-state index is 14.3. The van der Waals surface area contributed by atoms with Gasteiger partial charge in [-0.2, -0.15) is 18.3 Å². The molecule has 7 rings (SSSR count). The lowest BCUT2D eigenvalue weighted by molar-refractivity contribution is -0.144. The van der Waals surface area contributed by atoms with Crippen LogP contribution in [0.1, 0.15) is 54.6 Å². The van der Waals surface area contributed by atoms with Crippen LogP contribution in [-0.4, -0.2) is 72.0 Å². The van der Waals surface area contributed by atoms with E-state index in [0.717, 1.165) is 50.1 Å². The molecule has 2 saturated heterocycles. The van der Waals surface area contributed by atoms with Crippen LogP contribution in [0, 0.1) is 5.82 Å². The number of likely N-dealkylation sites (tertiary alicyclic amines) is 1. The van der Waals surface area contributed by atoms with E-state index in [1.54, 1.807) is 24.4 Å². The van der Waals surface area contributed by atoms with Crippen molar-refractivity contribution in [2.45, 2.75) is 57.0 Å². The normalized spacial score (nSPS) is 17.0. The summed E-state index contributed by atoms with van der Waals surface area (Å²) < 4.78 is 67.6. The second-order valence-corrected chi connectivity index (χ2v) is 12.2. The van der Waals surface area contributed by atoms with E-state index >= 15 is 0 Å². The number of alkyl halides is 3. The monoisotopic (exact) mass is 670 g/mol. The molecule has 1 N–H and O–H groups in total. The molecule has 2 aliphatic heterocycles. The number of nitrogens with one attached hydrogen (secondary N) is 1. The number of piperidine rings is 1. The van der Waals surface area contributed by atoms with Crippen LogP contribution >= 0.6 is 11.6 Å². The number of nitrogens with zero attached hydrogens (tertiary/aromatic N) is 7. The van der Waals surface area contributed by atoms with Crippen LogP contribution in [0.4, 0.5) is 17.6 Å². The molecular formula is C32H31ClF4N8O2. The smallest absolute Gasteiger partial charge is 0.451 e. The molecule has 4 aromatic heterocycles. The van der Waals surface area contributed by atoms with Crippen LogP contribution in [0.3, 0.4) is 0 Å². The summed E-state index contributed by atoms with van der Waals surface area (Å²) in [7, 11) is 0. The zero-order chi connectivity index (χ0) is 32.5. The summed E-state index contributed by atoms with van der Waals surface area (Å²) in [5, 5.41) is 6.02. The fourth-order valence-electron chi connectivity index (χ4n) is 6.17. The van der Waals surface area contributed by atoms with Crippen molar-refractivity contribution >= 4 is 22.6 Å². The molecule has 0 amide bonds. The van der Waals surface area contributed by atoms with Gasteiger partial charge in [-0.3, -0.25) is 15.0 Å². The Labute approximate surface area is 272 Å². The molecular weight excluding hydrogens is 640 g/mol. The maximum Gasteiger partial charge on any atom is 0.451 e. The van der Waals surface area contributed by atoms with E-state index in [1.807, 2.05) is 23.3 Å². The van der Waals surface area contributed by atoms with Crippen LogP contribution < -0.4 is 4.74 Å². The van der Waals surface area contributed by atoms with Gasteiger partial charge < -0.3 is 14.0 Å². The average molecular weight is 671 g/mol. The van der Waals surface area contributed by atoms with Crippen molar-refractivity contribution in [1.29, 1.82) is 0 Å². The number of aromatic amines is 1. The Morgan fingerprint density at radius 1 is 1.00 bits per heavy atom. The predicted molar refractivity (Wildman–Crippen MR) is 164 cm³/mol. The summed E-state index contributed by atoms with van der Waals surface area (Å²) in [6.45, 7) is 3.42. The van der Waals surface area contributed by atoms with Crippen molar-refractivity contribution in [3.8, 4) is 17.4 Å². The van der Waals surface area contributed by atoms with Gasteiger partial charge in [0.1, 0.15) is 23.4 Å². The molecule has 0 unspecified atom stereocenters. The number of aromatic nitrogens is 7. The Hall–Kier alpha value is -4.14. The fourth-order valence-corrected chi connectivity index (χ4v) is 6.33. The second-order valence-electron chi connectivity index (χ2n) is 11.8. The lowest BCUT2D eigenvalue weighted by Gasteiger charge is -2.32. The Bertz CT molecular complexity index is 1870. The van der Waals surface area contributed by atoms with Gasteiger partial charge in [0.25, 0.3) is 0 Å². The highest BCUT2D eigenvalue weighted by Crippen LogP contribution is 2.32. The van der Waals surface area contributed by atoms with Gasteiger partial charge in [-0.15, -0.1) is 0 Å². The quantitative estimate of drug-likeness (QED) is 0.189. The van der Waals surface area contributed by atoms with Gasteiger partial charge in [0, 0.05) is 55.5 Å². The van der Waals surface area contributed by atoms with Gasteiger partial charge in [0.05, 0.1) is 23.8 Å². The third-order valence-corrected chi connectivity index (χ3v) is 8.78. The van der Waals surface area contributed by atoms with Gasteiger partial charge >= 0.3 is 6.18 Å². The van der Waals surface area contributed by atoms with Crippen LogP contribution in [-0.2, 0) is 23.9 Å². The largest absolute Gasteiger partial charge is 0.474 e. The van der Waals surface area contributed by atoms with Crippen molar-refractivity contribution < 1.29 is 27.0 Å². The Morgan fingerprint density at radius 2 is 1.81 bits per heavy atom. The van der Waals surface area contributed by atoms with Crippen LogP contribution in [0.25, 0.3) is 22.6 Å². The molecule has 6 heterocycles. The maximum atomic E-state index is 14.3. The molecule has 0 bridgehead atoms. The van der Waals surface area contributed by atoms with E-state index in [9.17, 15) is 17.6 Å². The number of pyridine rings is 2. The highest BCUT2D eigenvalue weighted by molar-refractivity contribution is 6.30. The molecule has 0 atom stereocenters. The highest BCUT2D eigenvalue weighted by atomic mass is 35.5. The topological polar surface area (TPSA) is 107 Å². The molecule has 47 heavy (non-hydrogen) atoms. The van der Waals surface area contributed by atoms with Crippen LogP contribution in [0.5, 0.6) is 5.88 Å². The van der Waals surface area contributed by atoms with E-state index in [1.165, 1.54) is 6.07 Å². The molecule has 5 aromatic rings. The minimum Gasteiger partial charge on any atom is -0.474 e. The van der Waals surface area contributed by atoms with Crippen LogP contribution in [0.2, 0.25) is 5.02 Å². The Kier molecular flexibility index (Phi) is 8.81. The van der Waals surface area contributed by atoms with E-state index in [-0.39, 0.29) is 29.5 Å². The fraction of sp³-hybridized carbons (Fsp3) is 0.406. The summed E-state index contributed by atoms with van der Waals surface area (Å²) in [4.78, 5) is 19.9. The standard InChI is InChI=1S/C32H31ClF4N8O2/c33-20-5-4-19(24(34)15-20)14-21-2-1-3-29(39-21)47-23-6-10-44(11-7-23)18-28-40-25-16-26(30-41-31(43-42-30)32(35,36)37)38-17-27(25)45(28)22-8-12-46-13-9-22/h1-5,15-17,22-23H,6-14,18H2,(H,41,42,43). The summed E-state index contributed by atoms with van der Waals surface area (Å²) in [5.41, 5.74) is 2.86. The molecule has 10 nitrogen and oxygen atoms in total. The van der Waals surface area contributed by atoms with Gasteiger partial charge in [0.15, 0.2) is 5.82 Å². The van der Waals surface area contributed by atoms with Crippen molar-refractivity contribution in [2.24, 2.45) is 0 Å². The van der Waals surface area contributed by atoms with E-state index in [0.29, 0.717) is 53.9 Å². The lowest BCUT2D eigenvalue weighted by Crippen LogP contribution is -2.38. The molecule has 0 spiro atoms. The SMILES string of the molecule is Fc1cc(Cl)ccc1Cc1cccc(OC2CCN(Cc3nc4cc(-c5n[nH]c(C(F)(F)F)n5)ncc4n3C3CCOCC3)CC2)n1. The molecule has 2 aliphatic rings. The van der Waals surface area contributed by atoms with Crippen molar-refractivity contribution in [2.75, 3.05) is 26.3 Å². The number of hydrogen-bond acceptors (Lipinski definition) is 8. The second kappa shape index (κ2) is 13.2. The van der Waals surface area contributed by atoms with Crippen molar-refractivity contribution in [3.05, 3.63) is 82.4 Å². The first-order chi connectivity index (χ1) is 22.7. The van der Waals surface area contributed by atoms with Gasteiger partial charge in [-0.1, -0.05) is 23.7 Å². The summed E-state index contributed by atoms with van der Waals surface area (Å²) in [5.74, 6) is -0.310. The van der Waals surface area contributed by atoms with E-state index in [2.05, 4.69) is 29.5 Å². The third kappa shape index (κ3) is 7.09. The highest BCUT2D eigenvalue weighted by Gasteiger charge is 2.35. The zero-order valence-electron chi connectivity index (χ0n) is 25.2. The van der Waals surface area contributed by atoms with E-state index in [4.69, 9.17) is 26.1 Å². The van der Waals surface area contributed by atoms with Crippen LogP contribution in [0.15, 0.2) is 48.7 Å². The first-order valence-electron chi connectivity index (χ1n) is 15.4. The molecule has 0 saturated carbocycles. The summed E-state index contributed by atoms with van der Waals surface area (Å²) in [6, 6.07) is 11.9. The number of rotatable bonds is 8. The number of fused-ring (bicyclic) bond motifs is 1. The summed E-state index contributed by atoms with van der Waals surface area (Å²) >= 11 is 5.88. The minimum atomic E-state index is -4.63. The third-order valence-electron chi connectivity index (χ3n) is 8.54. The summed E-state index contributed by atoms with van der Waals surface area (Å²) in [6.07, 6.45) is 0.529. The number of ether oxygens (including phenoxy) is 2. The number of imidazole rings is 1. The van der Waals surface area contributed by atoms with Crippen molar-refractivity contribution in [3.63, 3.8) is 0 Å². The Morgan fingerprint density at radius 3 is 2.55 bits per heavy atom. The molecule has 15 heteroatoms. The van der Waals surface area contributed by atoms with E-state index < -0.39 is 12.0 Å². The van der Waals surface area contributed by atoms with Gasteiger partial charge in [-0.05, 0) is 55.5 Å². The number of benzene rings is 1. The molecule has 1 aromatic carbocycles. The molecule has 246 valence electrons. The van der Waals surface area contributed by atoms with Crippen molar-refractivity contribution in [1.82, 2.24) is 39.6 Å². The first kappa shape index (κ1) is 31.5. The molecule has 2 fully saturated rings. The molecule has 0 aliphatic carbocycles. The average Bonchev–Trinajstić information content (AvgIpc) is 3.69. The van der Waals surface area contributed by atoms with Gasteiger partial charge in [0.2, 0.25) is 11.7 Å². The lowest BCUT2D eigenvalue weighted by atomic mass is 10.1. The zero-order valence-corrected chi connectivity index (χ0v) is 25.9. The first-order valence-corrected chi connectivity index (χ1v) is 15.8. The Balaban J connectivity index is 1.04. The number of hydrogen-bond donors (Lipinski definition) is 1. The molecule has 0 radical (unpaired) electrons.